The van der Waals surface area contributed by atoms with Gasteiger partial charge in [0.1, 0.15) is 4.75 Å². The predicted molar refractivity (Wildman–Crippen MR) is 52.7 cm³/mol. The molecule has 0 amide bonds. The zero-order valence-corrected chi connectivity index (χ0v) is 8.88. The standard InChI is InChI=1S/C10H12O3S/c1-10(2)9(11)7-5-3-4-6-8(7)14(10,12)13/h3-6,9,11H,1-2H3. The lowest BCUT2D eigenvalue weighted by molar-refractivity contribution is 0.144. The highest BCUT2D eigenvalue weighted by Crippen LogP contribution is 2.45. The van der Waals surface area contributed by atoms with Crippen molar-refractivity contribution in [1.82, 2.24) is 0 Å². The number of aliphatic hydroxyl groups is 1. The maximum absolute atomic E-state index is 12.0. The molecule has 1 aliphatic heterocycles. The molecule has 1 aliphatic rings. The van der Waals surface area contributed by atoms with E-state index in [1.54, 1.807) is 38.1 Å². The lowest BCUT2D eigenvalue weighted by Crippen LogP contribution is -2.32. The van der Waals surface area contributed by atoms with E-state index in [1.165, 1.54) is 0 Å². The van der Waals surface area contributed by atoms with Crippen molar-refractivity contribution >= 4 is 9.84 Å². The summed E-state index contributed by atoms with van der Waals surface area (Å²) in [5.41, 5.74) is 0.512. The fourth-order valence-corrected chi connectivity index (χ4v) is 3.49. The first-order valence-corrected chi connectivity index (χ1v) is 5.89. The van der Waals surface area contributed by atoms with Crippen LogP contribution < -0.4 is 0 Å². The van der Waals surface area contributed by atoms with Crippen molar-refractivity contribution in [1.29, 1.82) is 0 Å². The molecule has 76 valence electrons. The van der Waals surface area contributed by atoms with Gasteiger partial charge in [-0.2, -0.15) is 0 Å². The van der Waals surface area contributed by atoms with Crippen LogP contribution >= 0.6 is 0 Å². The molecule has 1 atom stereocenters. The first-order valence-electron chi connectivity index (χ1n) is 4.40. The number of fused-ring (bicyclic) bond motifs is 1. The van der Waals surface area contributed by atoms with Crippen molar-refractivity contribution in [3.8, 4) is 0 Å². The lowest BCUT2D eigenvalue weighted by Gasteiger charge is -2.20. The molecule has 1 unspecified atom stereocenters. The Morgan fingerprint density at radius 3 is 2.43 bits per heavy atom. The Morgan fingerprint density at radius 2 is 1.86 bits per heavy atom. The van der Waals surface area contributed by atoms with Crippen LogP contribution in [0.15, 0.2) is 29.2 Å². The number of rotatable bonds is 0. The van der Waals surface area contributed by atoms with E-state index in [1.807, 2.05) is 0 Å². The zero-order valence-electron chi connectivity index (χ0n) is 8.06. The van der Waals surface area contributed by atoms with Gasteiger partial charge >= 0.3 is 0 Å². The number of hydrogen-bond donors (Lipinski definition) is 1. The van der Waals surface area contributed by atoms with Crippen molar-refractivity contribution in [2.75, 3.05) is 0 Å². The minimum absolute atomic E-state index is 0.262. The SMILES string of the molecule is CC1(C)C(O)c2ccccc2S1(=O)=O. The Hall–Kier alpha value is -0.870. The van der Waals surface area contributed by atoms with E-state index in [0.29, 0.717) is 5.56 Å². The van der Waals surface area contributed by atoms with Gasteiger partial charge in [-0.3, -0.25) is 0 Å². The Morgan fingerprint density at radius 1 is 1.29 bits per heavy atom. The zero-order chi connectivity index (χ0) is 10.6. The Labute approximate surface area is 83.3 Å². The van der Waals surface area contributed by atoms with E-state index in [4.69, 9.17) is 0 Å². The molecule has 0 aromatic heterocycles. The molecule has 0 radical (unpaired) electrons. The molecule has 14 heavy (non-hydrogen) atoms. The molecule has 0 spiro atoms. The third kappa shape index (κ3) is 0.925. The van der Waals surface area contributed by atoms with Crippen molar-refractivity contribution < 1.29 is 13.5 Å². The van der Waals surface area contributed by atoms with Gasteiger partial charge in [0.05, 0.1) is 11.0 Å². The maximum atomic E-state index is 12.0. The second kappa shape index (κ2) is 2.58. The summed E-state index contributed by atoms with van der Waals surface area (Å²) in [6.07, 6.45) is -0.927. The predicted octanol–water partition coefficient (Wildman–Crippen LogP) is 1.29. The molecule has 1 N–H and O–H groups in total. The third-order valence-corrected chi connectivity index (χ3v) is 5.41. The number of sulfone groups is 1. The van der Waals surface area contributed by atoms with Gasteiger partial charge in [-0.15, -0.1) is 0 Å². The average Bonchev–Trinajstić information content (AvgIpc) is 2.27. The molecule has 1 heterocycles. The van der Waals surface area contributed by atoms with Crippen LogP contribution in [-0.4, -0.2) is 18.3 Å². The number of aliphatic hydroxyl groups excluding tert-OH is 1. The minimum Gasteiger partial charge on any atom is -0.387 e. The molecule has 0 bridgehead atoms. The highest BCUT2D eigenvalue weighted by molar-refractivity contribution is 7.93. The normalized spacial score (nSPS) is 27.2. The van der Waals surface area contributed by atoms with Crippen LogP contribution in [0.25, 0.3) is 0 Å². The molecule has 1 aromatic rings. The van der Waals surface area contributed by atoms with Gasteiger partial charge in [0.15, 0.2) is 9.84 Å². The Kier molecular flexibility index (Phi) is 1.78. The number of hydrogen-bond acceptors (Lipinski definition) is 3. The summed E-state index contributed by atoms with van der Waals surface area (Å²) >= 11 is 0. The fourth-order valence-electron chi connectivity index (χ4n) is 1.76. The molecule has 0 saturated heterocycles. The van der Waals surface area contributed by atoms with Crippen LogP contribution in [0, 0.1) is 0 Å². The minimum atomic E-state index is -3.38. The summed E-state index contributed by atoms with van der Waals surface area (Å²) in [6.45, 7) is 3.10. The second-order valence-electron chi connectivity index (χ2n) is 4.05. The molecular formula is C10H12O3S. The van der Waals surface area contributed by atoms with Crippen LogP contribution in [0.3, 0.4) is 0 Å². The first-order chi connectivity index (χ1) is 6.39. The lowest BCUT2D eigenvalue weighted by atomic mass is 9.99. The number of benzene rings is 1. The highest BCUT2D eigenvalue weighted by Gasteiger charge is 2.50. The van der Waals surface area contributed by atoms with E-state index in [2.05, 4.69) is 0 Å². The Bertz CT molecular complexity index is 474. The molecule has 0 saturated carbocycles. The molecular weight excluding hydrogens is 200 g/mol. The van der Waals surface area contributed by atoms with Gasteiger partial charge in [-0.1, -0.05) is 18.2 Å². The third-order valence-electron chi connectivity index (χ3n) is 2.85. The fraction of sp³-hybridized carbons (Fsp3) is 0.400. The topological polar surface area (TPSA) is 54.4 Å². The van der Waals surface area contributed by atoms with Gasteiger partial charge < -0.3 is 5.11 Å². The van der Waals surface area contributed by atoms with Gasteiger partial charge in [-0.25, -0.2) is 8.42 Å². The van der Waals surface area contributed by atoms with Gasteiger partial charge in [0, 0.05) is 5.56 Å². The smallest absolute Gasteiger partial charge is 0.186 e. The quantitative estimate of drug-likeness (QED) is 0.705. The van der Waals surface area contributed by atoms with Crippen LogP contribution in [0.5, 0.6) is 0 Å². The van der Waals surface area contributed by atoms with Crippen molar-refractivity contribution in [2.24, 2.45) is 0 Å². The molecule has 1 aromatic carbocycles. The maximum Gasteiger partial charge on any atom is 0.186 e. The van der Waals surface area contributed by atoms with E-state index in [0.717, 1.165) is 0 Å². The van der Waals surface area contributed by atoms with E-state index < -0.39 is 20.7 Å². The molecule has 3 nitrogen and oxygen atoms in total. The average molecular weight is 212 g/mol. The van der Waals surface area contributed by atoms with Crippen molar-refractivity contribution in [2.45, 2.75) is 29.6 Å². The van der Waals surface area contributed by atoms with Crippen LogP contribution in [0.4, 0.5) is 0 Å². The van der Waals surface area contributed by atoms with E-state index in [-0.39, 0.29) is 4.90 Å². The van der Waals surface area contributed by atoms with Gasteiger partial charge in [-0.05, 0) is 19.9 Å². The van der Waals surface area contributed by atoms with Gasteiger partial charge in [0.25, 0.3) is 0 Å². The Balaban J connectivity index is 2.81. The van der Waals surface area contributed by atoms with Crippen molar-refractivity contribution in [3.05, 3.63) is 29.8 Å². The summed E-state index contributed by atoms with van der Waals surface area (Å²) in [6, 6.07) is 6.61. The summed E-state index contributed by atoms with van der Waals surface area (Å²) in [7, 11) is -3.38. The van der Waals surface area contributed by atoms with Crippen LogP contribution in [0.2, 0.25) is 0 Å². The molecule has 0 aliphatic carbocycles. The monoisotopic (exact) mass is 212 g/mol. The van der Waals surface area contributed by atoms with Crippen LogP contribution in [-0.2, 0) is 9.84 Å². The highest BCUT2D eigenvalue weighted by atomic mass is 32.2. The molecule has 2 rings (SSSR count). The molecule has 4 heteroatoms. The van der Waals surface area contributed by atoms with Gasteiger partial charge in [0.2, 0.25) is 0 Å². The summed E-state index contributed by atoms with van der Waals surface area (Å²) in [5.74, 6) is 0. The summed E-state index contributed by atoms with van der Waals surface area (Å²) in [4.78, 5) is 0.262. The second-order valence-corrected chi connectivity index (χ2v) is 6.55. The summed E-state index contributed by atoms with van der Waals surface area (Å²) in [5, 5.41) is 9.87. The first kappa shape index (κ1) is 9.68. The molecule has 0 fully saturated rings. The van der Waals surface area contributed by atoms with E-state index in [9.17, 15) is 13.5 Å². The summed E-state index contributed by atoms with van der Waals surface area (Å²) < 4.78 is 22.8. The van der Waals surface area contributed by atoms with Crippen LogP contribution in [0.1, 0.15) is 25.5 Å². The van der Waals surface area contributed by atoms with E-state index >= 15 is 0 Å². The van der Waals surface area contributed by atoms with Crippen molar-refractivity contribution in [3.63, 3.8) is 0 Å². The largest absolute Gasteiger partial charge is 0.387 e.